The van der Waals surface area contributed by atoms with Crippen LogP contribution in [0, 0.1) is 0 Å². The number of imidazole rings is 1. The Morgan fingerprint density at radius 1 is 1.77 bits per heavy atom. The van der Waals surface area contributed by atoms with E-state index in [1.807, 2.05) is 0 Å². The molecule has 1 rings (SSSR count). The van der Waals surface area contributed by atoms with Crippen molar-refractivity contribution in [3.63, 3.8) is 0 Å². The highest BCUT2D eigenvalue weighted by Gasteiger charge is 2.07. The second-order valence-electron chi connectivity index (χ2n) is 2.27. The molecular weight excluding hydrogens is 194 g/mol. The van der Waals surface area contributed by atoms with Crippen LogP contribution < -0.4 is 5.73 Å². The van der Waals surface area contributed by atoms with Gasteiger partial charge in [0, 0.05) is 6.42 Å². The topological polar surface area (TPSA) is 81.0 Å². The summed E-state index contributed by atoms with van der Waals surface area (Å²) < 4.78 is 4.49. The normalized spacial score (nSPS) is 9.08. The molecule has 0 unspecified atom stereocenters. The summed E-state index contributed by atoms with van der Waals surface area (Å²) in [5.41, 5.74) is 5.66. The highest BCUT2D eigenvalue weighted by molar-refractivity contribution is 5.86. The summed E-state index contributed by atoms with van der Waals surface area (Å²) in [6.07, 6.45) is 2.08. The zero-order valence-corrected chi connectivity index (χ0v) is 8.06. The number of nitrogens with two attached hydrogens (primary N) is 1. The van der Waals surface area contributed by atoms with Crippen molar-refractivity contribution in [3.8, 4) is 0 Å². The predicted molar refractivity (Wildman–Crippen MR) is 49.9 cm³/mol. The Balaban J connectivity index is 0.00000144. The van der Waals surface area contributed by atoms with Gasteiger partial charge in [0.15, 0.2) is 0 Å². The number of methoxy groups -OCH3 is 1. The summed E-state index contributed by atoms with van der Waals surface area (Å²) in [4.78, 5) is 17.6. The molecule has 0 amide bonds. The van der Waals surface area contributed by atoms with Crippen LogP contribution in [0.3, 0.4) is 0 Å². The van der Waals surface area contributed by atoms with Gasteiger partial charge in [0.1, 0.15) is 11.5 Å². The Morgan fingerprint density at radius 2 is 2.46 bits per heavy atom. The molecule has 0 aliphatic heterocycles. The van der Waals surface area contributed by atoms with Crippen LogP contribution >= 0.6 is 12.4 Å². The van der Waals surface area contributed by atoms with Gasteiger partial charge in [-0.05, 0) is 6.54 Å². The standard InChI is InChI=1S/C7H11N3O2.ClH/c1-12-7(11)5-4-9-6(10-5)2-3-8;/h4H,2-3,8H2,1H3,(H,9,10);1H. The van der Waals surface area contributed by atoms with E-state index < -0.39 is 5.97 Å². The first-order valence-corrected chi connectivity index (χ1v) is 3.60. The number of rotatable bonds is 3. The van der Waals surface area contributed by atoms with E-state index in [0.29, 0.717) is 24.5 Å². The van der Waals surface area contributed by atoms with E-state index in [1.54, 1.807) is 0 Å². The van der Waals surface area contributed by atoms with Gasteiger partial charge in [-0.25, -0.2) is 9.78 Å². The van der Waals surface area contributed by atoms with Crippen LogP contribution in [0.1, 0.15) is 16.3 Å². The van der Waals surface area contributed by atoms with Crippen LogP contribution in [-0.4, -0.2) is 29.6 Å². The lowest BCUT2D eigenvalue weighted by molar-refractivity contribution is 0.0594. The highest BCUT2D eigenvalue weighted by Crippen LogP contribution is 1.98. The molecule has 3 N–H and O–H groups in total. The van der Waals surface area contributed by atoms with E-state index in [2.05, 4.69) is 14.7 Å². The average Bonchev–Trinajstić information content (AvgIpc) is 2.52. The molecule has 1 heterocycles. The molecule has 5 nitrogen and oxygen atoms in total. The maximum absolute atomic E-state index is 10.9. The fraction of sp³-hybridized carbons (Fsp3) is 0.429. The number of esters is 1. The first-order valence-electron chi connectivity index (χ1n) is 3.60. The molecule has 0 spiro atoms. The summed E-state index contributed by atoms with van der Waals surface area (Å²) in [6.45, 7) is 0.508. The molecule has 0 bridgehead atoms. The van der Waals surface area contributed by atoms with Gasteiger partial charge in [0.2, 0.25) is 0 Å². The van der Waals surface area contributed by atoms with E-state index in [9.17, 15) is 4.79 Å². The van der Waals surface area contributed by atoms with E-state index in [-0.39, 0.29) is 12.4 Å². The maximum Gasteiger partial charge on any atom is 0.356 e. The molecule has 0 aliphatic carbocycles. The van der Waals surface area contributed by atoms with E-state index in [0.717, 1.165) is 0 Å². The predicted octanol–water partition coefficient (Wildman–Crippen LogP) is 0.119. The van der Waals surface area contributed by atoms with Gasteiger partial charge in [-0.2, -0.15) is 0 Å². The molecule has 0 aliphatic rings. The van der Waals surface area contributed by atoms with E-state index in [1.165, 1.54) is 13.3 Å². The smallest absolute Gasteiger partial charge is 0.356 e. The Kier molecular flexibility index (Phi) is 5.10. The number of halogens is 1. The van der Waals surface area contributed by atoms with Gasteiger partial charge in [0.05, 0.1) is 13.3 Å². The van der Waals surface area contributed by atoms with Gasteiger partial charge < -0.3 is 15.5 Å². The maximum atomic E-state index is 10.9. The van der Waals surface area contributed by atoms with Crippen molar-refractivity contribution in [3.05, 3.63) is 17.7 Å². The monoisotopic (exact) mass is 205 g/mol. The lowest BCUT2D eigenvalue weighted by atomic mass is 10.4. The number of carbonyl (C=O) groups excluding carboxylic acids is 1. The van der Waals surface area contributed by atoms with Crippen molar-refractivity contribution in [1.82, 2.24) is 9.97 Å². The van der Waals surface area contributed by atoms with Gasteiger partial charge in [-0.1, -0.05) is 0 Å². The lowest BCUT2D eigenvalue weighted by Crippen LogP contribution is -2.05. The first-order chi connectivity index (χ1) is 5.77. The fourth-order valence-electron chi connectivity index (χ4n) is 0.840. The van der Waals surface area contributed by atoms with Crippen molar-refractivity contribution in [2.75, 3.05) is 13.7 Å². The van der Waals surface area contributed by atoms with Crippen molar-refractivity contribution in [2.45, 2.75) is 6.42 Å². The molecule has 0 saturated heterocycles. The molecule has 0 saturated carbocycles. The summed E-state index contributed by atoms with van der Waals surface area (Å²) in [6, 6.07) is 0. The number of H-pyrrole nitrogens is 1. The molecule has 0 fully saturated rings. The first kappa shape index (κ1) is 11.9. The van der Waals surface area contributed by atoms with Crippen LogP contribution in [0.25, 0.3) is 0 Å². The second-order valence-corrected chi connectivity index (χ2v) is 2.27. The number of aromatic amines is 1. The third-order valence-corrected chi connectivity index (χ3v) is 1.41. The Bertz CT molecular complexity index is 274. The molecule has 0 atom stereocenters. The van der Waals surface area contributed by atoms with Gasteiger partial charge in [-0.15, -0.1) is 12.4 Å². The van der Waals surface area contributed by atoms with Crippen molar-refractivity contribution < 1.29 is 9.53 Å². The summed E-state index contributed by atoms with van der Waals surface area (Å²) in [7, 11) is 1.33. The van der Waals surface area contributed by atoms with E-state index in [4.69, 9.17) is 5.73 Å². The highest BCUT2D eigenvalue weighted by atomic mass is 35.5. The van der Waals surface area contributed by atoms with Crippen molar-refractivity contribution >= 4 is 18.4 Å². The number of nitrogens with one attached hydrogen (secondary N) is 1. The molecule has 0 radical (unpaired) electrons. The van der Waals surface area contributed by atoms with Crippen LogP contribution in [0.2, 0.25) is 0 Å². The molecular formula is C7H12ClN3O2. The minimum atomic E-state index is -0.411. The van der Waals surface area contributed by atoms with E-state index >= 15 is 0 Å². The largest absolute Gasteiger partial charge is 0.464 e. The number of nitrogens with zero attached hydrogens (tertiary/aromatic N) is 1. The number of ether oxygens (including phenoxy) is 1. The Labute approximate surface area is 82.1 Å². The average molecular weight is 206 g/mol. The van der Waals surface area contributed by atoms with Crippen LogP contribution in [0.4, 0.5) is 0 Å². The molecule has 6 heteroatoms. The van der Waals surface area contributed by atoms with Gasteiger partial charge >= 0.3 is 5.97 Å². The number of hydrogen-bond acceptors (Lipinski definition) is 4. The quantitative estimate of drug-likeness (QED) is 0.687. The Morgan fingerprint density at radius 3 is 3.00 bits per heavy atom. The molecule has 74 valence electrons. The number of hydrogen-bond donors (Lipinski definition) is 2. The Hall–Kier alpha value is -1.07. The summed E-state index contributed by atoms with van der Waals surface area (Å²) >= 11 is 0. The molecule has 0 aromatic carbocycles. The third kappa shape index (κ3) is 3.04. The fourth-order valence-corrected chi connectivity index (χ4v) is 0.840. The minimum Gasteiger partial charge on any atom is -0.464 e. The second kappa shape index (κ2) is 5.55. The van der Waals surface area contributed by atoms with Crippen LogP contribution in [-0.2, 0) is 11.2 Å². The van der Waals surface area contributed by atoms with Crippen LogP contribution in [0.5, 0.6) is 0 Å². The zero-order valence-electron chi connectivity index (χ0n) is 7.24. The summed E-state index contributed by atoms with van der Waals surface area (Å²) in [5.74, 6) is 0.295. The van der Waals surface area contributed by atoms with Gasteiger partial charge in [0.25, 0.3) is 0 Å². The van der Waals surface area contributed by atoms with Crippen molar-refractivity contribution in [2.24, 2.45) is 5.73 Å². The van der Waals surface area contributed by atoms with Crippen LogP contribution in [0.15, 0.2) is 6.20 Å². The lowest BCUT2D eigenvalue weighted by Gasteiger charge is -1.92. The number of carbonyl (C=O) groups is 1. The SMILES string of the molecule is COC(=O)c1cnc(CCN)[nH]1.Cl. The minimum absolute atomic E-state index is 0. The molecule has 1 aromatic heterocycles. The number of aromatic nitrogens is 2. The third-order valence-electron chi connectivity index (χ3n) is 1.41. The van der Waals surface area contributed by atoms with Gasteiger partial charge in [-0.3, -0.25) is 0 Å². The summed E-state index contributed by atoms with van der Waals surface area (Å²) in [5, 5.41) is 0. The zero-order chi connectivity index (χ0) is 8.97. The molecule has 13 heavy (non-hydrogen) atoms. The van der Waals surface area contributed by atoms with Crippen molar-refractivity contribution in [1.29, 1.82) is 0 Å². The molecule has 1 aromatic rings.